The molecular weight excluding hydrogens is 928 g/mol. The van der Waals surface area contributed by atoms with Crippen LogP contribution in [-0.4, -0.2) is 91.0 Å². The zero-order chi connectivity index (χ0) is 50.9. The van der Waals surface area contributed by atoms with E-state index in [-0.39, 0.29) is 56.1 Å². The summed E-state index contributed by atoms with van der Waals surface area (Å²) in [4.78, 5) is 72.2. The number of unbranched alkanes of at least 4 members (excludes halogenated alkanes) is 6. The van der Waals surface area contributed by atoms with Crippen LogP contribution in [0, 0.1) is 18.2 Å². The number of β-amino-alcohol motifs (C(OH)–C–C–N with tert-alkyl or cyclic N) is 1. The highest BCUT2D eigenvalue weighted by molar-refractivity contribution is 7.13. The topological polar surface area (TPSA) is 236 Å². The lowest BCUT2D eigenvalue weighted by molar-refractivity contribution is -0.144. The summed E-state index contributed by atoms with van der Waals surface area (Å²) in [7, 11) is 0. The number of aliphatic hydroxyl groups is 1. The molecule has 1 saturated heterocycles. The van der Waals surface area contributed by atoms with Gasteiger partial charge in [0.2, 0.25) is 17.7 Å². The minimum Gasteiger partial charge on any atom is -0.450 e. The summed E-state index contributed by atoms with van der Waals surface area (Å²) < 4.78 is 20.4. The van der Waals surface area contributed by atoms with E-state index in [4.69, 9.17) is 10.5 Å². The quantitative estimate of drug-likeness (QED) is 0.0262. The molecule has 380 valence electrons. The van der Waals surface area contributed by atoms with Crippen LogP contribution in [-0.2, 0) is 45.2 Å². The molecule has 0 spiro atoms. The molecule has 17 nitrogen and oxygen atoms in total. The van der Waals surface area contributed by atoms with Gasteiger partial charge in [-0.05, 0) is 85.0 Å². The second-order valence-electron chi connectivity index (χ2n) is 19.1. The number of amides is 5. The van der Waals surface area contributed by atoms with E-state index in [0.717, 1.165) is 84.1 Å². The minimum atomic E-state index is -0.862. The van der Waals surface area contributed by atoms with Crippen LogP contribution in [0.25, 0.3) is 10.4 Å². The number of hydrogen-bond acceptors (Lipinski definition) is 12. The highest BCUT2D eigenvalue weighted by Crippen LogP contribution is 2.29. The molecule has 5 aromatic rings. The Morgan fingerprint density at radius 2 is 1.58 bits per heavy atom. The summed E-state index contributed by atoms with van der Waals surface area (Å²) >= 11 is 1.58. The van der Waals surface area contributed by atoms with Crippen LogP contribution in [0.3, 0.4) is 0 Å². The lowest BCUT2D eigenvalue weighted by atomic mass is 9.85. The number of nitrogens with zero attached hydrogens (tertiary/aromatic N) is 5. The van der Waals surface area contributed by atoms with Crippen molar-refractivity contribution in [3.63, 3.8) is 0 Å². The smallest absolute Gasteiger partial charge is 0.407 e. The Kier molecular flexibility index (Phi) is 19.6. The number of aryl methyl sites for hydroxylation is 3. The third-order valence-electron chi connectivity index (χ3n) is 12.3. The lowest BCUT2D eigenvalue weighted by Crippen LogP contribution is -2.57. The number of benzene rings is 3. The number of halogens is 1. The summed E-state index contributed by atoms with van der Waals surface area (Å²) in [6, 6.07) is 16.6. The molecule has 3 aromatic carbocycles. The maximum absolute atomic E-state index is 14.0. The van der Waals surface area contributed by atoms with Gasteiger partial charge in [0.05, 0.1) is 45.9 Å². The van der Waals surface area contributed by atoms with E-state index in [0.29, 0.717) is 36.9 Å². The van der Waals surface area contributed by atoms with Gasteiger partial charge < -0.3 is 41.7 Å². The first-order valence-electron chi connectivity index (χ1n) is 24.3. The fourth-order valence-corrected chi connectivity index (χ4v) is 9.09. The monoisotopic (exact) mass is 994 g/mol. The van der Waals surface area contributed by atoms with E-state index in [2.05, 4.69) is 36.6 Å². The number of anilines is 2. The molecule has 3 heterocycles. The average molecular weight is 995 g/mol. The third-order valence-corrected chi connectivity index (χ3v) is 13.3. The zero-order valence-electron chi connectivity index (χ0n) is 41.0. The molecule has 7 N–H and O–H groups in total. The molecule has 2 aromatic heterocycles. The summed E-state index contributed by atoms with van der Waals surface area (Å²) in [6.45, 7) is 9.10. The predicted molar refractivity (Wildman–Crippen MR) is 270 cm³/mol. The highest BCUT2D eigenvalue weighted by Gasteiger charge is 2.44. The van der Waals surface area contributed by atoms with Crippen molar-refractivity contribution in [1.82, 2.24) is 40.8 Å². The number of carbonyl (C=O) groups excluding carboxylic acids is 5. The number of thiazole rings is 1. The van der Waals surface area contributed by atoms with Gasteiger partial charge in [-0.15, -0.1) is 16.4 Å². The Morgan fingerprint density at radius 3 is 2.25 bits per heavy atom. The molecule has 0 saturated carbocycles. The third kappa shape index (κ3) is 16.4. The second kappa shape index (κ2) is 25.9. The Balaban J connectivity index is 0.793. The van der Waals surface area contributed by atoms with Gasteiger partial charge in [-0.3, -0.25) is 23.9 Å². The number of hydrogen-bond donors (Lipinski definition) is 6. The number of ether oxygens (including phenoxy) is 1. The fourth-order valence-electron chi connectivity index (χ4n) is 8.28. The number of carbonyl (C=O) groups is 5. The van der Waals surface area contributed by atoms with Crippen LogP contribution < -0.4 is 27.0 Å². The Morgan fingerprint density at radius 1 is 0.901 bits per heavy atom. The first kappa shape index (κ1) is 53.6. The number of likely N-dealkylation sites (tertiary alicyclic amines) is 1. The molecule has 1 aliphatic heterocycles. The van der Waals surface area contributed by atoms with E-state index >= 15 is 0 Å². The molecule has 6 rings (SSSR count). The SMILES string of the molecule is Cc1ncsc1-c1ccc(CNC(=O)[C@@H]2C[C@@H](O)CN2C(=O)[C@@H](NC(=O)CCCCCCCCCn2cc(CCCOC(=O)NCc3ccc(C(=O)Nc4ccc(F)cc4N)cc3)nn2)C(C)(C)C)cc1. The fraction of sp³-hybridized carbons (Fsp3) is 0.462. The molecule has 71 heavy (non-hydrogen) atoms. The van der Waals surface area contributed by atoms with Gasteiger partial charge in [0.25, 0.3) is 5.91 Å². The van der Waals surface area contributed by atoms with E-state index in [1.807, 2.05) is 68.3 Å². The van der Waals surface area contributed by atoms with Crippen molar-refractivity contribution in [2.24, 2.45) is 5.41 Å². The van der Waals surface area contributed by atoms with Crippen LogP contribution >= 0.6 is 11.3 Å². The molecule has 1 aliphatic rings. The largest absolute Gasteiger partial charge is 0.450 e. The number of nitrogen functional groups attached to an aromatic ring is 1. The second-order valence-corrected chi connectivity index (χ2v) is 20.0. The first-order chi connectivity index (χ1) is 34.0. The van der Waals surface area contributed by atoms with Crippen LogP contribution in [0.2, 0.25) is 0 Å². The number of rotatable bonds is 24. The van der Waals surface area contributed by atoms with E-state index in [1.165, 1.54) is 17.0 Å². The van der Waals surface area contributed by atoms with Gasteiger partial charge in [-0.1, -0.05) is 94.5 Å². The van der Waals surface area contributed by atoms with Crippen molar-refractivity contribution in [2.45, 2.75) is 136 Å². The molecule has 0 unspecified atom stereocenters. The summed E-state index contributed by atoms with van der Waals surface area (Å²) in [5.74, 6) is -1.81. The molecular formula is C52H67FN10O7S. The average Bonchev–Trinajstić information content (AvgIpc) is 4.10. The van der Waals surface area contributed by atoms with Gasteiger partial charge in [-0.2, -0.15) is 0 Å². The molecule has 5 amide bonds. The van der Waals surface area contributed by atoms with E-state index in [9.17, 15) is 33.5 Å². The van der Waals surface area contributed by atoms with Gasteiger partial charge in [0.15, 0.2) is 0 Å². The van der Waals surface area contributed by atoms with Crippen molar-refractivity contribution in [2.75, 3.05) is 24.2 Å². The Bertz CT molecular complexity index is 2560. The predicted octanol–water partition coefficient (Wildman–Crippen LogP) is 7.47. The number of nitrogens with two attached hydrogens (primary N) is 1. The van der Waals surface area contributed by atoms with E-state index in [1.54, 1.807) is 35.6 Å². The number of nitrogens with one attached hydrogen (secondary N) is 4. The number of alkyl carbamates (subject to hydrolysis) is 1. The van der Waals surface area contributed by atoms with Crippen LogP contribution in [0.1, 0.15) is 118 Å². The van der Waals surface area contributed by atoms with Gasteiger partial charge in [0.1, 0.15) is 17.9 Å². The standard InChI is InChI=1S/C52H67FN10O7S/c1-34-46(71-33-57-34)37-19-15-35(16-20-37)29-55-49(67)44-28-41(64)32-63(44)50(68)47(52(2,3)4)59-45(65)14-10-8-6-5-7-9-11-25-62-31-40(60-61-62)13-12-26-70-51(69)56-30-36-17-21-38(22-18-36)48(66)58-43-24-23-39(53)27-42(43)54/h15-24,27,31,33,41,44,47,64H,5-14,25-26,28-30,32,54H2,1-4H3,(H,55,67)(H,56,69)(H,58,66)(H,59,65)/t41-,44+,47-/m1/s1. The van der Waals surface area contributed by atoms with Crippen LogP contribution in [0.5, 0.6) is 0 Å². The first-order valence-corrected chi connectivity index (χ1v) is 25.2. The van der Waals surface area contributed by atoms with Crippen LogP contribution in [0.4, 0.5) is 20.6 Å². The minimum absolute atomic E-state index is 0.0229. The van der Waals surface area contributed by atoms with Crippen molar-refractivity contribution in [3.05, 3.63) is 112 Å². The highest BCUT2D eigenvalue weighted by atomic mass is 32.1. The maximum atomic E-state index is 14.0. The van der Waals surface area contributed by atoms with Crippen LogP contribution in [0.15, 0.2) is 78.4 Å². The van der Waals surface area contributed by atoms with Gasteiger partial charge in [0, 0.05) is 50.8 Å². The molecule has 0 aliphatic carbocycles. The molecule has 0 bridgehead atoms. The molecule has 1 fully saturated rings. The zero-order valence-corrected chi connectivity index (χ0v) is 41.9. The van der Waals surface area contributed by atoms with Crippen molar-refractivity contribution in [1.29, 1.82) is 0 Å². The summed E-state index contributed by atoms with van der Waals surface area (Å²) in [6.07, 6.45) is 8.80. The Labute approximate surface area is 418 Å². The summed E-state index contributed by atoms with van der Waals surface area (Å²) in [5.41, 5.74) is 12.3. The lowest BCUT2D eigenvalue weighted by Gasteiger charge is -2.35. The van der Waals surface area contributed by atoms with Crippen molar-refractivity contribution in [3.8, 4) is 10.4 Å². The molecule has 0 radical (unpaired) electrons. The summed E-state index contributed by atoms with van der Waals surface area (Å²) in [5, 5.41) is 30.3. The van der Waals surface area contributed by atoms with Gasteiger partial charge >= 0.3 is 6.09 Å². The van der Waals surface area contributed by atoms with Gasteiger partial charge in [-0.25, -0.2) is 14.2 Å². The number of aromatic nitrogens is 4. The Hall–Kier alpha value is -6.73. The molecule has 3 atom stereocenters. The number of aliphatic hydroxyl groups excluding tert-OH is 1. The van der Waals surface area contributed by atoms with Crippen molar-refractivity contribution >= 4 is 52.4 Å². The normalized spacial score (nSPS) is 15.0. The van der Waals surface area contributed by atoms with E-state index < -0.39 is 41.4 Å². The van der Waals surface area contributed by atoms with Crippen molar-refractivity contribution < 1.29 is 38.2 Å². The maximum Gasteiger partial charge on any atom is 0.407 e. The molecule has 19 heteroatoms.